The van der Waals surface area contributed by atoms with E-state index in [0.29, 0.717) is 6.42 Å². The summed E-state index contributed by atoms with van der Waals surface area (Å²) in [7, 11) is 0. The van der Waals surface area contributed by atoms with Crippen molar-refractivity contribution in [3.05, 3.63) is 0 Å². The first-order valence-corrected chi connectivity index (χ1v) is 7.15. The van der Waals surface area contributed by atoms with Gasteiger partial charge in [0, 0.05) is 25.6 Å². The second-order valence-corrected chi connectivity index (χ2v) is 5.20. The van der Waals surface area contributed by atoms with Gasteiger partial charge in [-0.1, -0.05) is 12.8 Å². The van der Waals surface area contributed by atoms with Gasteiger partial charge in [0.25, 0.3) is 0 Å². The molecule has 1 atom stereocenters. The van der Waals surface area contributed by atoms with E-state index in [-0.39, 0.29) is 11.9 Å². The number of amides is 1. The van der Waals surface area contributed by atoms with Gasteiger partial charge in [-0.15, -0.1) is 0 Å². The molecule has 4 heteroatoms. The van der Waals surface area contributed by atoms with Gasteiger partial charge in [-0.25, -0.2) is 0 Å². The fraction of sp³-hybridized carbons (Fsp3) is 0.909. The molecule has 1 saturated heterocycles. The zero-order valence-corrected chi connectivity index (χ0v) is 10.4. The molecule has 0 aromatic carbocycles. The number of nitrogens with two attached hydrogens (primary N) is 1. The second kappa shape index (κ2) is 7.12. The Labute approximate surface area is 96.8 Å². The van der Waals surface area contributed by atoms with Gasteiger partial charge in [0.15, 0.2) is 0 Å². The molecule has 1 rings (SSSR count). The molecule has 0 spiro atoms. The number of hydrogen-bond donors (Lipinski definition) is 1. The molecule has 0 saturated carbocycles. The number of hydrogen-bond acceptors (Lipinski definition) is 3. The molecule has 88 valence electrons. The van der Waals surface area contributed by atoms with Crippen molar-refractivity contribution in [3.63, 3.8) is 0 Å². The molecule has 0 aromatic heterocycles. The van der Waals surface area contributed by atoms with E-state index < -0.39 is 0 Å². The Morgan fingerprint density at radius 3 is 2.73 bits per heavy atom. The molecule has 0 radical (unpaired) electrons. The fourth-order valence-corrected chi connectivity index (χ4v) is 2.41. The highest BCUT2D eigenvalue weighted by Gasteiger charge is 2.25. The highest BCUT2D eigenvalue weighted by Crippen LogP contribution is 2.11. The highest BCUT2D eigenvalue weighted by molar-refractivity contribution is 7.98. The van der Waals surface area contributed by atoms with E-state index in [1.807, 2.05) is 16.7 Å². The van der Waals surface area contributed by atoms with E-state index in [4.69, 9.17) is 5.73 Å². The van der Waals surface area contributed by atoms with Gasteiger partial charge < -0.3 is 10.6 Å². The molecule has 1 amide bonds. The van der Waals surface area contributed by atoms with Crippen LogP contribution in [0.3, 0.4) is 0 Å². The first-order valence-electron chi connectivity index (χ1n) is 5.76. The number of likely N-dealkylation sites (tertiary alicyclic amines) is 1. The number of unbranched alkanes of at least 4 members (excludes halogenated alkanes) is 3. The average molecular weight is 230 g/mol. The van der Waals surface area contributed by atoms with Gasteiger partial charge in [-0.2, -0.15) is 11.8 Å². The third kappa shape index (κ3) is 4.89. The summed E-state index contributed by atoms with van der Waals surface area (Å²) in [5.41, 5.74) is 5.72. The molecule has 2 N–H and O–H groups in total. The van der Waals surface area contributed by atoms with Crippen LogP contribution < -0.4 is 5.73 Å². The summed E-state index contributed by atoms with van der Waals surface area (Å²) in [6, 6.07) is 0.0778. The van der Waals surface area contributed by atoms with Crippen LogP contribution in [-0.4, -0.2) is 41.9 Å². The van der Waals surface area contributed by atoms with E-state index in [0.717, 1.165) is 19.5 Å². The first kappa shape index (κ1) is 12.8. The third-order valence-electron chi connectivity index (χ3n) is 2.77. The number of rotatable bonds is 7. The van der Waals surface area contributed by atoms with E-state index in [9.17, 15) is 4.79 Å². The Bertz CT molecular complexity index is 199. The highest BCUT2D eigenvalue weighted by atomic mass is 32.2. The lowest BCUT2D eigenvalue weighted by atomic mass is 10.2. The summed E-state index contributed by atoms with van der Waals surface area (Å²) >= 11 is 1.90. The normalized spacial score (nSPS) is 21.3. The smallest absolute Gasteiger partial charge is 0.224 e. The maximum Gasteiger partial charge on any atom is 0.224 e. The Hall–Kier alpha value is -0.220. The van der Waals surface area contributed by atoms with Gasteiger partial charge in [-0.3, -0.25) is 4.79 Å². The topological polar surface area (TPSA) is 46.3 Å². The van der Waals surface area contributed by atoms with Crippen LogP contribution >= 0.6 is 11.8 Å². The molecular weight excluding hydrogens is 208 g/mol. The van der Waals surface area contributed by atoms with E-state index in [2.05, 4.69) is 6.26 Å². The van der Waals surface area contributed by atoms with E-state index >= 15 is 0 Å². The van der Waals surface area contributed by atoms with Crippen LogP contribution in [0.25, 0.3) is 0 Å². The Balaban J connectivity index is 1.98. The quantitative estimate of drug-likeness (QED) is 0.674. The Kier molecular flexibility index (Phi) is 6.10. The van der Waals surface area contributed by atoms with Gasteiger partial charge in [0.05, 0.1) is 0 Å². The number of carbonyl (C=O) groups excluding carboxylic acids is 1. The molecule has 1 unspecified atom stereocenters. The molecule has 15 heavy (non-hydrogen) atoms. The molecule has 1 aliphatic heterocycles. The van der Waals surface area contributed by atoms with Crippen molar-refractivity contribution in [2.45, 2.75) is 38.1 Å². The van der Waals surface area contributed by atoms with Crippen molar-refractivity contribution >= 4 is 17.7 Å². The first-order chi connectivity index (χ1) is 7.24. The van der Waals surface area contributed by atoms with Gasteiger partial charge in [-0.05, 0) is 24.9 Å². The Morgan fingerprint density at radius 1 is 1.40 bits per heavy atom. The predicted octanol–water partition coefficient (Wildman–Crippen LogP) is 1.47. The lowest BCUT2D eigenvalue weighted by Gasteiger charge is -2.15. The van der Waals surface area contributed by atoms with Crippen LogP contribution in [-0.2, 0) is 4.79 Å². The number of thioether (sulfide) groups is 1. The van der Waals surface area contributed by atoms with Gasteiger partial charge >= 0.3 is 0 Å². The van der Waals surface area contributed by atoms with Crippen molar-refractivity contribution in [1.82, 2.24) is 4.90 Å². The van der Waals surface area contributed by atoms with Crippen LogP contribution in [0, 0.1) is 0 Å². The molecule has 1 fully saturated rings. The van der Waals surface area contributed by atoms with Crippen LogP contribution in [0.5, 0.6) is 0 Å². The summed E-state index contributed by atoms with van der Waals surface area (Å²) in [4.78, 5) is 13.3. The van der Waals surface area contributed by atoms with Crippen LogP contribution in [0.1, 0.15) is 32.1 Å². The lowest BCUT2D eigenvalue weighted by Crippen LogP contribution is -2.29. The van der Waals surface area contributed by atoms with Crippen molar-refractivity contribution in [3.8, 4) is 0 Å². The number of carbonyl (C=O) groups is 1. The monoisotopic (exact) mass is 230 g/mol. The molecule has 0 aliphatic carbocycles. The minimum atomic E-state index is 0.0778. The zero-order valence-electron chi connectivity index (χ0n) is 9.58. The largest absolute Gasteiger partial charge is 0.341 e. The van der Waals surface area contributed by atoms with Crippen molar-refractivity contribution in [1.29, 1.82) is 0 Å². The average Bonchev–Trinajstić information content (AvgIpc) is 2.51. The molecule has 3 nitrogen and oxygen atoms in total. The summed E-state index contributed by atoms with van der Waals surface area (Å²) in [5, 5.41) is 0. The molecule has 1 heterocycles. The maximum atomic E-state index is 11.4. The standard InChI is InChI=1S/C11H22N2OS/c1-15-7-5-3-2-4-6-13-9-10(12)8-11(13)14/h10H,2-9,12H2,1H3. The number of nitrogens with zero attached hydrogens (tertiary/aromatic N) is 1. The van der Waals surface area contributed by atoms with E-state index in [1.54, 1.807) is 0 Å². The van der Waals surface area contributed by atoms with E-state index in [1.165, 1.54) is 25.0 Å². The van der Waals surface area contributed by atoms with Crippen LogP contribution in [0.4, 0.5) is 0 Å². The van der Waals surface area contributed by atoms with Crippen molar-refractivity contribution in [2.75, 3.05) is 25.1 Å². The third-order valence-corrected chi connectivity index (χ3v) is 3.47. The van der Waals surface area contributed by atoms with Crippen LogP contribution in [0.15, 0.2) is 0 Å². The summed E-state index contributed by atoms with van der Waals surface area (Å²) in [5.74, 6) is 1.50. The summed E-state index contributed by atoms with van der Waals surface area (Å²) < 4.78 is 0. The van der Waals surface area contributed by atoms with Crippen molar-refractivity contribution < 1.29 is 4.79 Å². The summed E-state index contributed by atoms with van der Waals surface area (Å²) in [6.45, 7) is 1.68. The maximum absolute atomic E-state index is 11.4. The second-order valence-electron chi connectivity index (χ2n) is 4.21. The van der Waals surface area contributed by atoms with Crippen molar-refractivity contribution in [2.24, 2.45) is 5.73 Å². The van der Waals surface area contributed by atoms with Gasteiger partial charge in [0.2, 0.25) is 5.91 Å². The van der Waals surface area contributed by atoms with Gasteiger partial charge in [0.1, 0.15) is 0 Å². The zero-order chi connectivity index (χ0) is 11.1. The lowest BCUT2D eigenvalue weighted by molar-refractivity contribution is -0.127. The van der Waals surface area contributed by atoms with Crippen LogP contribution in [0.2, 0.25) is 0 Å². The SMILES string of the molecule is CSCCCCCCN1CC(N)CC1=O. The Morgan fingerprint density at radius 2 is 2.13 bits per heavy atom. The molecule has 0 aromatic rings. The summed E-state index contributed by atoms with van der Waals surface area (Å²) in [6.07, 6.45) is 7.65. The molecular formula is C11H22N2OS. The molecule has 1 aliphatic rings. The fourth-order valence-electron chi connectivity index (χ4n) is 1.92. The minimum absolute atomic E-state index is 0.0778. The predicted molar refractivity (Wildman–Crippen MR) is 66.0 cm³/mol. The minimum Gasteiger partial charge on any atom is -0.341 e. The molecule has 0 bridgehead atoms.